The van der Waals surface area contributed by atoms with Gasteiger partial charge in [-0.15, -0.1) is 12.4 Å². The summed E-state index contributed by atoms with van der Waals surface area (Å²) in [6.07, 6.45) is 2.48. The minimum atomic E-state index is -0.00100. The molecule has 17 heavy (non-hydrogen) atoms. The predicted octanol–water partition coefficient (Wildman–Crippen LogP) is 2.39. The largest absolute Gasteiger partial charge is 0.495 e. The number of halogens is 1. The van der Waals surface area contributed by atoms with Gasteiger partial charge in [-0.1, -0.05) is 0 Å². The summed E-state index contributed by atoms with van der Waals surface area (Å²) in [5.74, 6) is 1.43. The fourth-order valence-electron chi connectivity index (χ4n) is 1.23. The molecule has 0 saturated heterocycles. The zero-order chi connectivity index (χ0) is 12.0. The number of rotatable bonds is 5. The van der Waals surface area contributed by atoms with Crippen molar-refractivity contribution in [2.75, 3.05) is 30.2 Å². The molecule has 6 heteroatoms. The topological polar surface area (TPSA) is 64.3 Å². The van der Waals surface area contributed by atoms with E-state index < -0.39 is 0 Å². The first-order valence-corrected chi connectivity index (χ1v) is 6.29. The average Bonchev–Trinajstić information content (AvgIpc) is 2.26. The van der Waals surface area contributed by atoms with Gasteiger partial charge < -0.3 is 15.8 Å². The number of thioether (sulfide) groups is 1. The van der Waals surface area contributed by atoms with Crippen LogP contribution in [0.4, 0.5) is 11.4 Å². The SMILES string of the molecule is COc1ccc(NC(=O)CCSC)cc1N.Cl. The Bertz CT molecular complexity index is 374. The molecule has 0 radical (unpaired) electrons. The first-order valence-electron chi connectivity index (χ1n) is 4.89. The molecule has 96 valence electrons. The number of benzene rings is 1. The Morgan fingerprint density at radius 1 is 1.53 bits per heavy atom. The van der Waals surface area contributed by atoms with Crippen LogP contribution in [0.3, 0.4) is 0 Å². The molecule has 1 aromatic rings. The van der Waals surface area contributed by atoms with Gasteiger partial charge in [0.05, 0.1) is 12.8 Å². The second-order valence-corrected chi connectivity index (χ2v) is 4.23. The van der Waals surface area contributed by atoms with E-state index in [0.717, 1.165) is 5.75 Å². The van der Waals surface area contributed by atoms with Crippen LogP contribution in [-0.2, 0) is 4.79 Å². The molecule has 1 rings (SSSR count). The Labute approximate surface area is 112 Å². The van der Waals surface area contributed by atoms with Crippen molar-refractivity contribution in [3.63, 3.8) is 0 Å². The van der Waals surface area contributed by atoms with E-state index in [9.17, 15) is 4.79 Å². The second-order valence-electron chi connectivity index (χ2n) is 3.25. The Balaban J connectivity index is 0.00000256. The Kier molecular flexibility index (Phi) is 7.58. The van der Waals surface area contributed by atoms with Crippen LogP contribution >= 0.6 is 24.2 Å². The third kappa shape index (κ3) is 5.19. The van der Waals surface area contributed by atoms with Crippen LogP contribution in [-0.4, -0.2) is 25.0 Å². The van der Waals surface area contributed by atoms with Crippen molar-refractivity contribution in [3.8, 4) is 5.75 Å². The van der Waals surface area contributed by atoms with E-state index in [-0.39, 0.29) is 18.3 Å². The van der Waals surface area contributed by atoms with Gasteiger partial charge >= 0.3 is 0 Å². The maximum Gasteiger partial charge on any atom is 0.225 e. The second kappa shape index (κ2) is 8.08. The molecular formula is C11H17ClN2O2S. The molecule has 0 aliphatic carbocycles. The summed E-state index contributed by atoms with van der Waals surface area (Å²) in [7, 11) is 1.56. The van der Waals surface area contributed by atoms with Gasteiger partial charge in [-0.3, -0.25) is 4.79 Å². The molecule has 0 fully saturated rings. The zero-order valence-electron chi connectivity index (χ0n) is 9.86. The fourth-order valence-corrected chi connectivity index (χ4v) is 1.62. The third-order valence-electron chi connectivity index (χ3n) is 2.05. The third-order valence-corrected chi connectivity index (χ3v) is 2.66. The lowest BCUT2D eigenvalue weighted by Gasteiger charge is -2.08. The minimum absolute atomic E-state index is 0. The van der Waals surface area contributed by atoms with E-state index in [4.69, 9.17) is 10.5 Å². The van der Waals surface area contributed by atoms with E-state index in [1.165, 1.54) is 0 Å². The molecule has 0 bridgehead atoms. The number of amides is 1. The molecule has 0 unspecified atom stereocenters. The van der Waals surface area contributed by atoms with Crippen molar-refractivity contribution in [1.82, 2.24) is 0 Å². The van der Waals surface area contributed by atoms with E-state index in [0.29, 0.717) is 23.5 Å². The number of carbonyl (C=O) groups excluding carboxylic acids is 1. The fraction of sp³-hybridized carbons (Fsp3) is 0.364. The van der Waals surface area contributed by atoms with Crippen LogP contribution in [0.1, 0.15) is 6.42 Å². The van der Waals surface area contributed by atoms with Gasteiger partial charge in [-0.2, -0.15) is 11.8 Å². The summed E-state index contributed by atoms with van der Waals surface area (Å²) in [6, 6.07) is 5.20. The van der Waals surface area contributed by atoms with Gasteiger partial charge in [0.2, 0.25) is 5.91 Å². The van der Waals surface area contributed by atoms with Gasteiger partial charge in [0.25, 0.3) is 0 Å². The summed E-state index contributed by atoms with van der Waals surface area (Å²) in [4.78, 5) is 11.4. The molecule has 0 spiro atoms. The standard InChI is InChI=1S/C11H16N2O2S.ClH/c1-15-10-4-3-8(7-9(10)12)13-11(14)5-6-16-2;/h3-4,7H,5-6,12H2,1-2H3,(H,13,14);1H. The van der Waals surface area contributed by atoms with Crippen molar-refractivity contribution >= 4 is 41.5 Å². The summed E-state index contributed by atoms with van der Waals surface area (Å²) in [6.45, 7) is 0. The monoisotopic (exact) mass is 276 g/mol. The average molecular weight is 277 g/mol. The highest BCUT2D eigenvalue weighted by Gasteiger charge is 2.04. The quantitative estimate of drug-likeness (QED) is 0.811. The lowest BCUT2D eigenvalue weighted by molar-refractivity contribution is -0.115. The van der Waals surface area contributed by atoms with Crippen LogP contribution in [0.25, 0.3) is 0 Å². The highest BCUT2D eigenvalue weighted by molar-refractivity contribution is 7.98. The zero-order valence-corrected chi connectivity index (χ0v) is 11.5. The highest BCUT2D eigenvalue weighted by Crippen LogP contribution is 2.24. The van der Waals surface area contributed by atoms with E-state index in [1.807, 2.05) is 6.26 Å². The van der Waals surface area contributed by atoms with Crippen LogP contribution in [0.15, 0.2) is 18.2 Å². The number of nitrogens with one attached hydrogen (secondary N) is 1. The van der Waals surface area contributed by atoms with Gasteiger partial charge in [-0.05, 0) is 24.5 Å². The maximum absolute atomic E-state index is 11.4. The molecule has 1 amide bonds. The van der Waals surface area contributed by atoms with Gasteiger partial charge in [0.15, 0.2) is 0 Å². The summed E-state index contributed by atoms with van der Waals surface area (Å²) in [5, 5.41) is 2.78. The van der Waals surface area contributed by atoms with Gasteiger partial charge in [-0.25, -0.2) is 0 Å². The number of ether oxygens (including phenoxy) is 1. The number of nitrogen functional groups attached to an aromatic ring is 1. The van der Waals surface area contributed by atoms with Crippen molar-refractivity contribution in [2.24, 2.45) is 0 Å². The molecule has 0 saturated carbocycles. The molecule has 4 nitrogen and oxygen atoms in total. The number of nitrogens with two attached hydrogens (primary N) is 1. The van der Waals surface area contributed by atoms with Gasteiger partial charge in [0, 0.05) is 17.9 Å². The van der Waals surface area contributed by atoms with Crippen molar-refractivity contribution in [2.45, 2.75) is 6.42 Å². The summed E-state index contributed by atoms with van der Waals surface area (Å²) in [5.41, 5.74) is 6.94. The number of hydrogen-bond acceptors (Lipinski definition) is 4. The van der Waals surface area contributed by atoms with E-state index >= 15 is 0 Å². The molecule has 3 N–H and O–H groups in total. The van der Waals surface area contributed by atoms with E-state index in [1.54, 1.807) is 37.1 Å². The van der Waals surface area contributed by atoms with Crippen molar-refractivity contribution in [3.05, 3.63) is 18.2 Å². The Morgan fingerprint density at radius 2 is 2.24 bits per heavy atom. The Morgan fingerprint density at radius 3 is 2.76 bits per heavy atom. The first-order chi connectivity index (χ1) is 7.67. The number of hydrogen-bond donors (Lipinski definition) is 2. The maximum atomic E-state index is 11.4. The van der Waals surface area contributed by atoms with Crippen LogP contribution in [0.2, 0.25) is 0 Å². The molecule has 0 aliphatic heterocycles. The number of carbonyl (C=O) groups is 1. The lowest BCUT2D eigenvalue weighted by Crippen LogP contribution is -2.12. The smallest absolute Gasteiger partial charge is 0.225 e. The molecule has 0 heterocycles. The van der Waals surface area contributed by atoms with Crippen molar-refractivity contribution < 1.29 is 9.53 Å². The normalized spacial score (nSPS) is 9.29. The predicted molar refractivity (Wildman–Crippen MR) is 76.3 cm³/mol. The molecule has 0 aliphatic rings. The first kappa shape index (κ1) is 15.9. The molecule has 0 atom stereocenters. The summed E-state index contributed by atoms with van der Waals surface area (Å²) < 4.78 is 5.03. The molecular weight excluding hydrogens is 260 g/mol. The molecule has 1 aromatic carbocycles. The summed E-state index contributed by atoms with van der Waals surface area (Å²) >= 11 is 1.64. The molecule has 0 aromatic heterocycles. The lowest BCUT2D eigenvalue weighted by atomic mass is 10.2. The van der Waals surface area contributed by atoms with Gasteiger partial charge in [0.1, 0.15) is 5.75 Å². The van der Waals surface area contributed by atoms with E-state index in [2.05, 4.69) is 5.32 Å². The number of methoxy groups -OCH3 is 1. The highest BCUT2D eigenvalue weighted by atomic mass is 35.5. The minimum Gasteiger partial charge on any atom is -0.495 e. The number of anilines is 2. The Hall–Kier alpha value is -1.07. The van der Waals surface area contributed by atoms with Crippen LogP contribution < -0.4 is 15.8 Å². The van der Waals surface area contributed by atoms with Crippen LogP contribution in [0, 0.1) is 0 Å². The van der Waals surface area contributed by atoms with Crippen LogP contribution in [0.5, 0.6) is 5.75 Å². The van der Waals surface area contributed by atoms with Crippen molar-refractivity contribution in [1.29, 1.82) is 0 Å².